The van der Waals surface area contributed by atoms with Crippen LogP contribution in [-0.2, 0) is 17.9 Å². The topological polar surface area (TPSA) is 47.4 Å². The maximum atomic E-state index is 13.1. The zero-order chi connectivity index (χ0) is 17.1. The minimum absolute atomic E-state index is 0.103. The second-order valence-electron chi connectivity index (χ2n) is 6.49. The molecule has 1 fully saturated rings. The van der Waals surface area contributed by atoms with E-state index >= 15 is 0 Å². The fraction of sp³-hybridized carbons (Fsp3) is 0.474. The first-order valence-electron chi connectivity index (χ1n) is 8.49. The van der Waals surface area contributed by atoms with E-state index in [0.29, 0.717) is 6.61 Å². The van der Waals surface area contributed by atoms with Crippen LogP contribution >= 0.6 is 0 Å². The van der Waals surface area contributed by atoms with E-state index in [4.69, 9.17) is 4.74 Å². The lowest BCUT2D eigenvalue weighted by Crippen LogP contribution is -2.38. The smallest absolute Gasteiger partial charge is 0.254 e. The molecule has 128 valence electrons. The minimum atomic E-state index is 0.103. The summed E-state index contributed by atoms with van der Waals surface area (Å²) in [5.74, 6) is 0.103. The molecule has 1 atom stereocenters. The lowest BCUT2D eigenvalue weighted by molar-refractivity contribution is 0.0716. The molecule has 2 aromatic rings. The molecular formula is C19H25N3O2. The largest absolute Gasteiger partial charge is 0.380 e. The van der Waals surface area contributed by atoms with E-state index in [1.165, 1.54) is 0 Å². The predicted molar refractivity (Wildman–Crippen MR) is 92.9 cm³/mol. The highest BCUT2D eigenvalue weighted by molar-refractivity contribution is 5.96. The van der Waals surface area contributed by atoms with Crippen LogP contribution < -0.4 is 0 Å². The van der Waals surface area contributed by atoms with Gasteiger partial charge in [-0.3, -0.25) is 9.48 Å². The Balaban J connectivity index is 1.80. The molecule has 0 spiro atoms. The fourth-order valence-corrected chi connectivity index (χ4v) is 3.52. The molecule has 1 amide bonds. The Morgan fingerprint density at radius 2 is 2.12 bits per heavy atom. The van der Waals surface area contributed by atoms with Gasteiger partial charge >= 0.3 is 0 Å². The van der Waals surface area contributed by atoms with Crippen LogP contribution in [0.2, 0.25) is 0 Å². The normalized spacial score (nSPS) is 17.5. The Kier molecular flexibility index (Phi) is 5.00. The number of aromatic nitrogens is 2. The van der Waals surface area contributed by atoms with Gasteiger partial charge in [0.1, 0.15) is 0 Å². The minimum Gasteiger partial charge on any atom is -0.380 e. The molecule has 3 rings (SSSR count). The third kappa shape index (κ3) is 3.36. The number of nitrogens with zero attached hydrogens (tertiary/aromatic N) is 3. The number of carbonyl (C=O) groups excluding carboxylic acids is 1. The van der Waals surface area contributed by atoms with Gasteiger partial charge in [0.15, 0.2) is 0 Å². The third-order valence-electron chi connectivity index (χ3n) is 4.67. The molecular weight excluding hydrogens is 302 g/mol. The molecule has 1 aromatic carbocycles. The highest BCUT2D eigenvalue weighted by Crippen LogP contribution is 2.23. The van der Waals surface area contributed by atoms with Crippen molar-refractivity contribution in [3.05, 3.63) is 52.8 Å². The molecule has 1 aliphatic heterocycles. The summed E-state index contributed by atoms with van der Waals surface area (Å²) in [7, 11) is 1.66. The first kappa shape index (κ1) is 16.7. The Bertz CT molecular complexity index is 723. The summed E-state index contributed by atoms with van der Waals surface area (Å²) < 4.78 is 7.26. The summed E-state index contributed by atoms with van der Waals surface area (Å²) in [6, 6.07) is 10.00. The number of benzene rings is 1. The molecule has 0 aliphatic carbocycles. The molecule has 0 unspecified atom stereocenters. The molecule has 0 N–H and O–H groups in total. The number of rotatable bonds is 5. The highest BCUT2D eigenvalue weighted by Gasteiger charge is 2.31. The van der Waals surface area contributed by atoms with Gasteiger partial charge in [-0.1, -0.05) is 18.2 Å². The van der Waals surface area contributed by atoms with Crippen molar-refractivity contribution in [3.8, 4) is 0 Å². The first-order valence-corrected chi connectivity index (χ1v) is 8.49. The van der Waals surface area contributed by atoms with Crippen LogP contribution in [0.1, 0.15) is 40.2 Å². The molecule has 1 aliphatic rings. The van der Waals surface area contributed by atoms with Gasteiger partial charge < -0.3 is 9.64 Å². The Labute approximate surface area is 143 Å². The van der Waals surface area contributed by atoms with E-state index in [1.54, 1.807) is 7.11 Å². The zero-order valence-corrected chi connectivity index (χ0v) is 14.7. The maximum Gasteiger partial charge on any atom is 0.254 e. The van der Waals surface area contributed by atoms with Gasteiger partial charge in [-0.15, -0.1) is 0 Å². The molecule has 24 heavy (non-hydrogen) atoms. The summed E-state index contributed by atoms with van der Waals surface area (Å²) in [5.41, 5.74) is 3.86. The van der Waals surface area contributed by atoms with E-state index in [2.05, 4.69) is 18.1 Å². The molecule has 0 radical (unpaired) electrons. The van der Waals surface area contributed by atoms with Crippen molar-refractivity contribution in [3.63, 3.8) is 0 Å². The number of ether oxygens (including phenoxy) is 1. The van der Waals surface area contributed by atoms with Gasteiger partial charge in [0, 0.05) is 24.9 Å². The molecule has 2 heterocycles. The Hall–Kier alpha value is -2.14. The number of carbonyl (C=O) groups is 1. The molecule has 0 bridgehead atoms. The van der Waals surface area contributed by atoms with Crippen LogP contribution in [0.3, 0.4) is 0 Å². The number of amides is 1. The van der Waals surface area contributed by atoms with Crippen molar-refractivity contribution in [1.29, 1.82) is 0 Å². The van der Waals surface area contributed by atoms with Gasteiger partial charge in [0.25, 0.3) is 5.91 Å². The van der Waals surface area contributed by atoms with E-state index in [9.17, 15) is 4.79 Å². The Morgan fingerprint density at radius 1 is 1.33 bits per heavy atom. The summed E-state index contributed by atoms with van der Waals surface area (Å²) in [6.45, 7) is 6.09. The van der Waals surface area contributed by atoms with Crippen LogP contribution in [0, 0.1) is 13.8 Å². The van der Waals surface area contributed by atoms with Crippen LogP contribution in [0.5, 0.6) is 0 Å². The van der Waals surface area contributed by atoms with Crippen molar-refractivity contribution >= 4 is 5.91 Å². The van der Waals surface area contributed by atoms with Gasteiger partial charge in [0.2, 0.25) is 0 Å². The van der Waals surface area contributed by atoms with Crippen molar-refractivity contribution in [1.82, 2.24) is 14.7 Å². The van der Waals surface area contributed by atoms with Gasteiger partial charge in [0.05, 0.1) is 24.9 Å². The van der Waals surface area contributed by atoms with Gasteiger partial charge in [-0.25, -0.2) is 0 Å². The summed E-state index contributed by atoms with van der Waals surface area (Å²) in [5, 5.41) is 4.55. The van der Waals surface area contributed by atoms with Crippen LogP contribution in [0.15, 0.2) is 30.3 Å². The lowest BCUT2D eigenvalue weighted by atomic mass is 10.1. The van der Waals surface area contributed by atoms with Crippen molar-refractivity contribution in [2.45, 2.75) is 45.9 Å². The number of likely N-dealkylation sites (tertiary alicyclic amines) is 1. The monoisotopic (exact) mass is 327 g/mol. The standard InChI is InChI=1S/C19H25N3O2/c1-14-11-15(2)22(20-14)12-17-8-6-10-21(17)19(23)18-9-5-4-7-16(18)13-24-3/h4-5,7,9,11,17H,6,8,10,12-13H2,1-3H3/t17-/m1/s1. The third-order valence-corrected chi connectivity index (χ3v) is 4.67. The van der Waals surface area contributed by atoms with Crippen LogP contribution in [0.4, 0.5) is 0 Å². The predicted octanol–water partition coefficient (Wildman–Crippen LogP) is 2.95. The molecule has 1 saturated heterocycles. The van der Waals surface area contributed by atoms with Crippen LogP contribution in [0.25, 0.3) is 0 Å². The van der Waals surface area contributed by atoms with Gasteiger partial charge in [-0.2, -0.15) is 5.10 Å². The van der Waals surface area contributed by atoms with Crippen LogP contribution in [-0.4, -0.2) is 40.3 Å². The maximum absolute atomic E-state index is 13.1. The number of methoxy groups -OCH3 is 1. The summed E-state index contributed by atoms with van der Waals surface area (Å²) in [4.78, 5) is 15.1. The Morgan fingerprint density at radius 3 is 2.83 bits per heavy atom. The van der Waals surface area contributed by atoms with Gasteiger partial charge in [-0.05, 0) is 44.4 Å². The molecule has 1 aromatic heterocycles. The average Bonchev–Trinajstić information content (AvgIpc) is 3.14. The average molecular weight is 327 g/mol. The fourth-order valence-electron chi connectivity index (χ4n) is 3.52. The zero-order valence-electron chi connectivity index (χ0n) is 14.7. The van der Waals surface area contributed by atoms with E-state index < -0.39 is 0 Å². The van der Waals surface area contributed by atoms with E-state index in [-0.39, 0.29) is 11.9 Å². The van der Waals surface area contributed by atoms with E-state index in [0.717, 1.165) is 48.4 Å². The second-order valence-corrected chi connectivity index (χ2v) is 6.49. The number of hydrogen-bond acceptors (Lipinski definition) is 3. The molecule has 5 heteroatoms. The second kappa shape index (κ2) is 7.18. The quantitative estimate of drug-likeness (QED) is 0.848. The van der Waals surface area contributed by atoms with Crippen molar-refractivity contribution in [2.75, 3.05) is 13.7 Å². The highest BCUT2D eigenvalue weighted by atomic mass is 16.5. The number of hydrogen-bond donors (Lipinski definition) is 0. The lowest BCUT2D eigenvalue weighted by Gasteiger charge is -2.26. The summed E-state index contributed by atoms with van der Waals surface area (Å²) >= 11 is 0. The first-order chi connectivity index (χ1) is 11.6. The number of aryl methyl sites for hydroxylation is 2. The van der Waals surface area contributed by atoms with E-state index in [1.807, 2.05) is 40.8 Å². The SMILES string of the molecule is COCc1ccccc1C(=O)N1CCC[C@@H]1Cn1nc(C)cc1C. The van der Waals surface area contributed by atoms with Crippen molar-refractivity contribution in [2.24, 2.45) is 0 Å². The molecule has 0 saturated carbocycles. The van der Waals surface area contributed by atoms with Crippen molar-refractivity contribution < 1.29 is 9.53 Å². The summed E-state index contributed by atoms with van der Waals surface area (Å²) in [6.07, 6.45) is 2.07. The molecule has 5 nitrogen and oxygen atoms in total.